The second-order valence-corrected chi connectivity index (χ2v) is 8.51. The van der Waals surface area contributed by atoms with Crippen molar-refractivity contribution in [1.29, 1.82) is 0 Å². The first-order chi connectivity index (χ1) is 17.6. The highest BCUT2D eigenvalue weighted by Crippen LogP contribution is 2.44. The van der Waals surface area contributed by atoms with Gasteiger partial charge in [0.15, 0.2) is 0 Å². The maximum atomic E-state index is 13.6. The van der Waals surface area contributed by atoms with E-state index in [0.29, 0.717) is 34.8 Å². The van der Waals surface area contributed by atoms with Gasteiger partial charge in [0, 0.05) is 30.3 Å². The molecule has 1 aromatic carbocycles. The Balaban J connectivity index is 1.71. The summed E-state index contributed by atoms with van der Waals surface area (Å²) in [7, 11) is 1.55. The Morgan fingerprint density at radius 3 is 2.57 bits per heavy atom. The number of aryl methyl sites for hydroxylation is 1. The number of hydrogen-bond donors (Lipinski definition) is 1. The minimum atomic E-state index is -4.49. The average Bonchev–Trinajstić information content (AvgIpc) is 2.93. The minimum Gasteiger partial charge on any atom is -0.475 e. The van der Waals surface area contributed by atoms with E-state index in [1.54, 1.807) is 39.3 Å². The number of rotatable bonds is 7. The van der Waals surface area contributed by atoms with Crippen molar-refractivity contribution in [3.63, 3.8) is 0 Å². The van der Waals surface area contributed by atoms with Crippen LogP contribution in [0.4, 0.5) is 24.5 Å². The van der Waals surface area contributed by atoms with Crippen LogP contribution in [0.15, 0.2) is 48.7 Å². The van der Waals surface area contributed by atoms with Crippen LogP contribution in [0.1, 0.15) is 29.8 Å². The van der Waals surface area contributed by atoms with Gasteiger partial charge in [0.25, 0.3) is 0 Å². The highest BCUT2D eigenvalue weighted by Gasteiger charge is 2.36. The van der Waals surface area contributed by atoms with Gasteiger partial charge in [-0.15, -0.1) is 0 Å². The number of halogens is 3. The fraction of sp³-hybridized carbons (Fsp3) is 0.308. The highest BCUT2D eigenvalue weighted by molar-refractivity contribution is 6.09. The van der Waals surface area contributed by atoms with Gasteiger partial charge in [0.2, 0.25) is 17.7 Å². The minimum absolute atomic E-state index is 0.174. The predicted octanol–water partition coefficient (Wildman–Crippen LogP) is 4.58. The first-order valence-electron chi connectivity index (χ1n) is 11.5. The lowest BCUT2D eigenvalue weighted by Gasteiger charge is -2.25. The van der Waals surface area contributed by atoms with Crippen LogP contribution in [0, 0.1) is 6.92 Å². The van der Waals surface area contributed by atoms with Gasteiger partial charge in [0.05, 0.1) is 35.0 Å². The molecule has 0 spiro atoms. The Labute approximate surface area is 211 Å². The Morgan fingerprint density at radius 2 is 1.89 bits per heavy atom. The molecule has 1 aliphatic rings. The second kappa shape index (κ2) is 10.6. The van der Waals surface area contributed by atoms with Crippen molar-refractivity contribution in [2.75, 3.05) is 37.1 Å². The topological polar surface area (TPSA) is 93.7 Å². The van der Waals surface area contributed by atoms with E-state index in [9.17, 15) is 22.8 Å². The Kier molecular flexibility index (Phi) is 7.44. The van der Waals surface area contributed by atoms with E-state index in [4.69, 9.17) is 9.47 Å². The van der Waals surface area contributed by atoms with Crippen molar-refractivity contribution in [3.8, 4) is 17.0 Å². The third kappa shape index (κ3) is 5.56. The molecule has 0 radical (unpaired) electrons. The second-order valence-electron chi connectivity index (χ2n) is 8.51. The molecule has 1 N–H and O–H groups in total. The lowest BCUT2D eigenvalue weighted by molar-refractivity contribution is -0.137. The SMILES string of the molecule is COCCOc1nc(C)cc2c1-c1cccnc1[C@@H](C)C(=O)N2CC(=O)Nc1ccc(C(F)(F)F)cc1. The molecule has 0 unspecified atom stereocenters. The molecule has 2 aromatic heterocycles. The van der Waals surface area contributed by atoms with Gasteiger partial charge >= 0.3 is 6.18 Å². The Hall–Kier alpha value is -3.99. The van der Waals surface area contributed by atoms with Crippen LogP contribution in [0.2, 0.25) is 0 Å². The van der Waals surface area contributed by atoms with Gasteiger partial charge in [-0.25, -0.2) is 4.98 Å². The fourth-order valence-corrected chi connectivity index (χ4v) is 4.11. The van der Waals surface area contributed by atoms with Crippen molar-refractivity contribution in [1.82, 2.24) is 9.97 Å². The van der Waals surface area contributed by atoms with E-state index in [0.717, 1.165) is 24.3 Å². The van der Waals surface area contributed by atoms with Crippen LogP contribution in [0.3, 0.4) is 0 Å². The van der Waals surface area contributed by atoms with E-state index < -0.39 is 23.6 Å². The number of nitrogens with one attached hydrogen (secondary N) is 1. The molecule has 4 rings (SSSR count). The van der Waals surface area contributed by atoms with E-state index >= 15 is 0 Å². The predicted molar refractivity (Wildman–Crippen MR) is 130 cm³/mol. The molecular weight excluding hydrogens is 489 g/mol. The number of methoxy groups -OCH3 is 1. The number of benzene rings is 1. The van der Waals surface area contributed by atoms with Crippen molar-refractivity contribution in [3.05, 3.63) is 65.6 Å². The summed E-state index contributed by atoms with van der Waals surface area (Å²) in [6, 6.07) is 9.34. The van der Waals surface area contributed by atoms with Crippen LogP contribution in [-0.2, 0) is 20.5 Å². The quantitative estimate of drug-likeness (QED) is 0.464. The molecule has 0 saturated carbocycles. The monoisotopic (exact) mass is 514 g/mol. The van der Waals surface area contributed by atoms with E-state index in [2.05, 4.69) is 15.3 Å². The molecule has 1 atom stereocenters. The molecular formula is C26H25F3N4O4. The molecule has 8 nitrogen and oxygen atoms in total. The third-order valence-electron chi connectivity index (χ3n) is 5.86. The molecule has 0 saturated heterocycles. The van der Waals surface area contributed by atoms with Crippen molar-refractivity contribution < 1.29 is 32.2 Å². The number of hydrogen-bond acceptors (Lipinski definition) is 6. The highest BCUT2D eigenvalue weighted by atomic mass is 19.4. The zero-order valence-electron chi connectivity index (χ0n) is 20.4. The number of anilines is 2. The summed E-state index contributed by atoms with van der Waals surface area (Å²) in [6.07, 6.45) is -2.90. The van der Waals surface area contributed by atoms with Crippen LogP contribution in [-0.4, -0.2) is 48.7 Å². The molecule has 194 valence electrons. The van der Waals surface area contributed by atoms with E-state index in [1.807, 2.05) is 6.07 Å². The number of carbonyl (C=O) groups excluding carboxylic acids is 2. The van der Waals surface area contributed by atoms with E-state index in [-0.39, 0.29) is 30.6 Å². The van der Waals surface area contributed by atoms with Crippen LogP contribution >= 0.6 is 0 Å². The van der Waals surface area contributed by atoms with E-state index in [1.165, 1.54) is 4.90 Å². The summed E-state index contributed by atoms with van der Waals surface area (Å²) < 4.78 is 49.6. The number of ether oxygens (including phenoxy) is 2. The normalized spacial score (nSPS) is 15.0. The number of pyridine rings is 2. The largest absolute Gasteiger partial charge is 0.475 e. The maximum absolute atomic E-state index is 13.6. The van der Waals surface area contributed by atoms with Crippen molar-refractivity contribution in [2.45, 2.75) is 25.9 Å². The lowest BCUT2D eigenvalue weighted by atomic mass is 9.98. The summed E-state index contributed by atoms with van der Waals surface area (Å²) in [5.74, 6) is -1.36. The van der Waals surface area contributed by atoms with Gasteiger partial charge in [-0.2, -0.15) is 13.2 Å². The molecule has 1 aliphatic heterocycles. The maximum Gasteiger partial charge on any atom is 0.416 e. The first kappa shape index (κ1) is 26.1. The number of alkyl halides is 3. The van der Waals surface area contributed by atoms with Crippen LogP contribution in [0.5, 0.6) is 5.88 Å². The summed E-state index contributed by atoms with van der Waals surface area (Å²) in [4.78, 5) is 36.9. The zero-order valence-corrected chi connectivity index (χ0v) is 20.4. The molecule has 37 heavy (non-hydrogen) atoms. The molecule has 0 bridgehead atoms. The summed E-state index contributed by atoms with van der Waals surface area (Å²) in [5.41, 5.74) is 2.02. The van der Waals surface area contributed by atoms with Crippen molar-refractivity contribution in [2.24, 2.45) is 0 Å². The van der Waals surface area contributed by atoms with Gasteiger partial charge in [0.1, 0.15) is 13.2 Å². The Morgan fingerprint density at radius 1 is 1.16 bits per heavy atom. The third-order valence-corrected chi connectivity index (χ3v) is 5.86. The number of carbonyl (C=O) groups is 2. The van der Waals surface area contributed by atoms with Gasteiger partial charge in [-0.1, -0.05) is 6.07 Å². The summed E-state index contributed by atoms with van der Waals surface area (Å²) >= 11 is 0. The van der Waals surface area contributed by atoms with Crippen LogP contribution < -0.4 is 15.0 Å². The standard InChI is InChI=1S/C26H25F3N4O4/c1-15-13-20-22(24(31-15)37-12-11-36-3)19-5-4-10-30-23(19)16(2)25(35)33(20)14-21(34)32-18-8-6-17(7-9-18)26(27,28)29/h4-10,13,16H,11-12,14H2,1-3H3,(H,32,34)/t16-/m1/s1. The number of nitrogens with zero attached hydrogens (tertiary/aromatic N) is 3. The fourth-order valence-electron chi connectivity index (χ4n) is 4.11. The van der Waals surface area contributed by atoms with Crippen molar-refractivity contribution >= 4 is 23.2 Å². The molecule has 0 aliphatic carbocycles. The number of fused-ring (bicyclic) bond motifs is 3. The van der Waals surface area contributed by atoms with Crippen LogP contribution in [0.25, 0.3) is 11.1 Å². The molecule has 3 aromatic rings. The zero-order chi connectivity index (χ0) is 26.7. The molecule has 11 heteroatoms. The average molecular weight is 515 g/mol. The Bertz CT molecular complexity index is 1310. The summed E-state index contributed by atoms with van der Waals surface area (Å²) in [6.45, 7) is 3.59. The number of amides is 2. The first-order valence-corrected chi connectivity index (χ1v) is 11.5. The van der Waals surface area contributed by atoms with Gasteiger partial charge < -0.3 is 19.7 Å². The molecule has 2 amide bonds. The smallest absolute Gasteiger partial charge is 0.416 e. The molecule has 0 fully saturated rings. The van der Waals surface area contributed by atoms with Gasteiger partial charge in [-0.3, -0.25) is 14.6 Å². The number of aromatic nitrogens is 2. The van der Waals surface area contributed by atoms with Gasteiger partial charge in [-0.05, 0) is 50.2 Å². The summed E-state index contributed by atoms with van der Waals surface area (Å²) in [5, 5.41) is 2.57. The lowest BCUT2D eigenvalue weighted by Crippen LogP contribution is -2.40. The molecule has 3 heterocycles.